The minimum Gasteiger partial charge on any atom is -0.453 e. The third-order valence-electron chi connectivity index (χ3n) is 5.02. The molecule has 1 atom stereocenters. The van der Waals surface area contributed by atoms with Crippen molar-refractivity contribution in [3.63, 3.8) is 0 Å². The van der Waals surface area contributed by atoms with Crippen LogP contribution in [0.25, 0.3) is 0 Å². The maximum absolute atomic E-state index is 12.4. The van der Waals surface area contributed by atoms with Crippen LogP contribution in [-0.2, 0) is 4.74 Å². The summed E-state index contributed by atoms with van der Waals surface area (Å²) in [5, 5.41) is 6.72. The van der Waals surface area contributed by atoms with Crippen LogP contribution < -0.4 is 10.6 Å². The van der Waals surface area contributed by atoms with Gasteiger partial charge in [-0.05, 0) is 36.5 Å². The van der Waals surface area contributed by atoms with Gasteiger partial charge in [-0.3, -0.25) is 0 Å². The van der Waals surface area contributed by atoms with E-state index in [1.54, 1.807) is 4.90 Å². The third-order valence-corrected chi connectivity index (χ3v) is 5.25. The highest BCUT2D eigenvalue weighted by atomic mass is 35.5. The van der Waals surface area contributed by atoms with Crippen LogP contribution in [0.2, 0.25) is 5.02 Å². The molecular weight excluding hydrogens is 342 g/mol. The van der Waals surface area contributed by atoms with Crippen molar-refractivity contribution in [3.05, 3.63) is 34.9 Å². The van der Waals surface area contributed by atoms with Crippen LogP contribution in [0.1, 0.15) is 37.3 Å². The average molecular weight is 366 g/mol. The number of ether oxygens (including phenoxy) is 1. The fourth-order valence-corrected chi connectivity index (χ4v) is 3.88. The molecule has 25 heavy (non-hydrogen) atoms. The summed E-state index contributed by atoms with van der Waals surface area (Å²) < 4.78 is 4.65. The third kappa shape index (κ3) is 4.37. The zero-order valence-corrected chi connectivity index (χ0v) is 15.1. The van der Waals surface area contributed by atoms with E-state index in [2.05, 4.69) is 15.4 Å². The monoisotopic (exact) mass is 365 g/mol. The summed E-state index contributed by atoms with van der Waals surface area (Å²) in [6, 6.07) is 7.41. The Hall–Kier alpha value is -1.95. The van der Waals surface area contributed by atoms with Gasteiger partial charge in [-0.25, -0.2) is 9.59 Å². The Morgan fingerprint density at radius 1 is 1.28 bits per heavy atom. The SMILES string of the molecule is COC(=O)N1CC(NC(=O)N[C@H](c2cccc(Cl)c2)C2CCCC2)C1. The van der Waals surface area contributed by atoms with Gasteiger partial charge in [-0.15, -0.1) is 0 Å². The van der Waals surface area contributed by atoms with E-state index in [0.717, 1.165) is 18.4 Å². The summed E-state index contributed by atoms with van der Waals surface area (Å²) in [7, 11) is 1.35. The van der Waals surface area contributed by atoms with E-state index in [0.29, 0.717) is 24.0 Å². The fourth-order valence-electron chi connectivity index (χ4n) is 3.68. The highest BCUT2D eigenvalue weighted by molar-refractivity contribution is 6.30. The number of carbonyl (C=O) groups is 2. The highest BCUT2D eigenvalue weighted by Crippen LogP contribution is 2.36. The largest absolute Gasteiger partial charge is 0.453 e. The maximum atomic E-state index is 12.4. The summed E-state index contributed by atoms with van der Waals surface area (Å²) in [4.78, 5) is 25.3. The Bertz CT molecular complexity index is 628. The quantitative estimate of drug-likeness (QED) is 0.859. The maximum Gasteiger partial charge on any atom is 0.409 e. The molecule has 0 radical (unpaired) electrons. The van der Waals surface area contributed by atoms with E-state index >= 15 is 0 Å². The van der Waals surface area contributed by atoms with Crippen molar-refractivity contribution < 1.29 is 14.3 Å². The second-order valence-electron chi connectivity index (χ2n) is 6.77. The molecule has 2 N–H and O–H groups in total. The predicted octanol–water partition coefficient (Wildman–Crippen LogP) is 3.32. The zero-order valence-electron chi connectivity index (χ0n) is 14.3. The molecule has 7 heteroatoms. The summed E-state index contributed by atoms with van der Waals surface area (Å²) in [6.45, 7) is 0.955. The number of urea groups is 1. The molecule has 1 saturated carbocycles. The lowest BCUT2D eigenvalue weighted by atomic mass is 9.91. The van der Waals surface area contributed by atoms with Gasteiger partial charge in [-0.1, -0.05) is 36.6 Å². The van der Waals surface area contributed by atoms with E-state index in [1.807, 2.05) is 24.3 Å². The number of rotatable bonds is 4. The van der Waals surface area contributed by atoms with E-state index in [4.69, 9.17) is 11.6 Å². The standard InChI is InChI=1S/C18H24ClN3O3/c1-25-18(24)22-10-15(11-22)20-17(23)21-16(12-5-2-3-6-12)13-7-4-8-14(19)9-13/h4,7-9,12,15-16H,2-3,5-6,10-11H2,1H3,(H2,20,21,23)/t16-/m0/s1. The number of hydrogen-bond donors (Lipinski definition) is 2. The van der Waals surface area contributed by atoms with Crippen LogP contribution in [0.5, 0.6) is 0 Å². The molecule has 1 saturated heterocycles. The molecule has 1 aromatic carbocycles. The molecule has 1 aliphatic heterocycles. The number of likely N-dealkylation sites (tertiary alicyclic amines) is 1. The van der Waals surface area contributed by atoms with E-state index in [-0.39, 0.29) is 24.2 Å². The lowest BCUT2D eigenvalue weighted by Crippen LogP contribution is -2.62. The number of methoxy groups -OCH3 is 1. The number of hydrogen-bond acceptors (Lipinski definition) is 3. The van der Waals surface area contributed by atoms with Crippen molar-refractivity contribution >= 4 is 23.7 Å². The van der Waals surface area contributed by atoms with Gasteiger partial charge in [0.2, 0.25) is 0 Å². The number of halogens is 1. The Morgan fingerprint density at radius 3 is 2.64 bits per heavy atom. The van der Waals surface area contributed by atoms with Crippen LogP contribution in [0.4, 0.5) is 9.59 Å². The molecule has 136 valence electrons. The first-order valence-corrected chi connectivity index (χ1v) is 9.10. The second-order valence-corrected chi connectivity index (χ2v) is 7.20. The van der Waals surface area contributed by atoms with Crippen molar-refractivity contribution in [2.45, 2.75) is 37.8 Å². The summed E-state index contributed by atoms with van der Waals surface area (Å²) >= 11 is 6.13. The Morgan fingerprint density at radius 2 is 2.00 bits per heavy atom. The van der Waals surface area contributed by atoms with E-state index in [1.165, 1.54) is 20.0 Å². The molecule has 1 aromatic rings. The van der Waals surface area contributed by atoms with Crippen molar-refractivity contribution in [1.82, 2.24) is 15.5 Å². The van der Waals surface area contributed by atoms with Crippen LogP contribution in [0.15, 0.2) is 24.3 Å². The van der Waals surface area contributed by atoms with E-state index in [9.17, 15) is 9.59 Å². The lowest BCUT2D eigenvalue weighted by Gasteiger charge is -2.38. The smallest absolute Gasteiger partial charge is 0.409 e. The van der Waals surface area contributed by atoms with Gasteiger partial charge in [0.05, 0.1) is 19.2 Å². The number of benzene rings is 1. The van der Waals surface area contributed by atoms with Gasteiger partial charge in [-0.2, -0.15) is 0 Å². The first-order chi connectivity index (χ1) is 12.1. The number of amides is 3. The molecule has 3 amide bonds. The summed E-state index contributed by atoms with van der Waals surface area (Å²) in [5.41, 5.74) is 1.04. The molecule has 0 unspecified atom stereocenters. The highest BCUT2D eigenvalue weighted by Gasteiger charge is 2.33. The molecule has 0 bridgehead atoms. The predicted molar refractivity (Wildman–Crippen MR) is 95.6 cm³/mol. The van der Waals surface area contributed by atoms with Crippen LogP contribution in [0, 0.1) is 5.92 Å². The van der Waals surface area contributed by atoms with Gasteiger partial charge in [0.25, 0.3) is 0 Å². The minimum atomic E-state index is -0.360. The molecule has 6 nitrogen and oxygen atoms in total. The lowest BCUT2D eigenvalue weighted by molar-refractivity contribution is 0.0820. The van der Waals surface area contributed by atoms with Gasteiger partial charge < -0.3 is 20.3 Å². The Kier molecular flexibility index (Phi) is 5.68. The van der Waals surface area contributed by atoms with Crippen molar-refractivity contribution in [1.29, 1.82) is 0 Å². The molecule has 0 spiro atoms. The zero-order chi connectivity index (χ0) is 17.8. The van der Waals surface area contributed by atoms with Crippen LogP contribution >= 0.6 is 11.6 Å². The fraction of sp³-hybridized carbons (Fsp3) is 0.556. The normalized spacial score (nSPS) is 19.2. The molecule has 3 rings (SSSR count). The molecule has 1 heterocycles. The molecule has 2 aliphatic rings. The molecular formula is C18H24ClN3O3. The minimum absolute atomic E-state index is 0.0392. The first kappa shape index (κ1) is 17.9. The number of nitrogens with one attached hydrogen (secondary N) is 2. The molecule has 1 aliphatic carbocycles. The van der Waals surface area contributed by atoms with Gasteiger partial charge in [0.1, 0.15) is 0 Å². The van der Waals surface area contributed by atoms with Gasteiger partial charge in [0.15, 0.2) is 0 Å². The summed E-state index contributed by atoms with van der Waals surface area (Å²) in [5.74, 6) is 0.428. The average Bonchev–Trinajstić information content (AvgIpc) is 3.09. The molecule has 2 fully saturated rings. The van der Waals surface area contributed by atoms with Crippen molar-refractivity contribution in [3.8, 4) is 0 Å². The van der Waals surface area contributed by atoms with Crippen LogP contribution in [0.3, 0.4) is 0 Å². The van der Waals surface area contributed by atoms with Gasteiger partial charge in [0, 0.05) is 18.1 Å². The van der Waals surface area contributed by atoms with Gasteiger partial charge >= 0.3 is 12.1 Å². The van der Waals surface area contributed by atoms with Crippen LogP contribution in [-0.4, -0.2) is 43.3 Å². The Balaban J connectivity index is 1.59. The second kappa shape index (κ2) is 7.95. The van der Waals surface area contributed by atoms with E-state index < -0.39 is 0 Å². The first-order valence-electron chi connectivity index (χ1n) is 8.72. The Labute approximate surface area is 152 Å². The number of carbonyl (C=O) groups excluding carboxylic acids is 2. The van der Waals surface area contributed by atoms with Crippen molar-refractivity contribution in [2.75, 3.05) is 20.2 Å². The summed E-state index contributed by atoms with van der Waals surface area (Å²) in [6.07, 6.45) is 4.25. The van der Waals surface area contributed by atoms with Crippen molar-refractivity contribution in [2.24, 2.45) is 5.92 Å². The number of nitrogens with zero attached hydrogens (tertiary/aromatic N) is 1. The molecule has 0 aromatic heterocycles. The topological polar surface area (TPSA) is 70.7 Å².